The number of aromatic nitrogens is 12. The third-order valence-electron chi connectivity index (χ3n) is 23.8. The largest absolute Gasteiger partial charge is 0.233 e. The smallest absolute Gasteiger partial charge is 0.160 e. The molecule has 0 aliphatic heterocycles. The van der Waals surface area contributed by atoms with Crippen LogP contribution in [0.3, 0.4) is 0 Å². The van der Waals surface area contributed by atoms with E-state index in [2.05, 4.69) is 281 Å². The predicted molar refractivity (Wildman–Crippen MR) is 593 cm³/mol. The Labute approximate surface area is 843 Å². The van der Waals surface area contributed by atoms with Crippen LogP contribution in [0.15, 0.2) is 522 Å². The Hall–Kier alpha value is -18.8. The first kappa shape index (κ1) is 95.5. The van der Waals surface area contributed by atoms with E-state index in [1.165, 1.54) is 27.8 Å². The quantitative estimate of drug-likeness (QED) is 0.0852. The highest BCUT2D eigenvalue weighted by Gasteiger charge is 2.18. The molecule has 6 aromatic heterocycles. The molecule has 0 saturated carbocycles. The Morgan fingerprint density at radius 1 is 0.0972 bits per heavy atom. The van der Waals surface area contributed by atoms with Crippen molar-refractivity contribution in [2.75, 3.05) is 0 Å². The molecule has 17 aromatic carbocycles. The minimum absolute atomic E-state index is 0.748. The molecular weight excluding hydrogens is 1750 g/mol. The van der Waals surface area contributed by atoms with Gasteiger partial charge in [0.15, 0.2) is 34.9 Å². The maximum atomic E-state index is 4.83. The lowest BCUT2D eigenvalue weighted by Crippen LogP contribution is -1.95. The van der Waals surface area contributed by atoms with Gasteiger partial charge in [-0.3, -0.25) is 0 Å². The van der Waals surface area contributed by atoms with Gasteiger partial charge in [-0.1, -0.05) is 501 Å². The fraction of sp³-hybridized carbons (Fsp3) is 0.0455. The average Bonchev–Trinajstić information content (AvgIpc) is 0.818. The molecule has 0 aliphatic rings. The summed E-state index contributed by atoms with van der Waals surface area (Å²) >= 11 is 0. The van der Waals surface area contributed by atoms with Crippen LogP contribution in [-0.2, 0) is 0 Å². The second-order valence-electron chi connectivity index (χ2n) is 34.8. The molecule has 0 bridgehead atoms. The summed E-state index contributed by atoms with van der Waals surface area (Å²) in [7, 11) is 0. The summed E-state index contributed by atoms with van der Waals surface area (Å²) in [6, 6.07) is 177. The molecule has 0 fully saturated rings. The lowest BCUT2D eigenvalue weighted by molar-refractivity contribution is 1.11. The second kappa shape index (κ2) is 47.5. The summed E-state index contributed by atoms with van der Waals surface area (Å²) in [5, 5.41) is 0. The van der Waals surface area contributed by atoms with Crippen LogP contribution in [0.5, 0.6) is 0 Å². The van der Waals surface area contributed by atoms with E-state index in [-0.39, 0.29) is 0 Å². The molecule has 0 spiro atoms. The first-order valence-corrected chi connectivity index (χ1v) is 48.1. The zero-order valence-electron chi connectivity index (χ0n) is 81.0. The number of hydrogen-bond donors (Lipinski definition) is 0. The molecular formula is C132H104N12. The number of hydrogen-bond acceptors (Lipinski definition) is 12. The molecule has 0 N–H and O–H groups in total. The van der Waals surface area contributed by atoms with Crippen molar-refractivity contribution in [3.63, 3.8) is 0 Å². The Morgan fingerprint density at radius 2 is 0.236 bits per heavy atom. The van der Waals surface area contributed by atoms with Crippen LogP contribution < -0.4 is 0 Å². The van der Waals surface area contributed by atoms with Crippen molar-refractivity contribution in [1.82, 2.24) is 59.8 Å². The molecule has 23 aromatic rings. The van der Waals surface area contributed by atoms with Crippen LogP contribution >= 0.6 is 0 Å². The first-order chi connectivity index (χ1) is 70.8. The number of benzene rings is 17. The lowest BCUT2D eigenvalue weighted by Gasteiger charge is -2.09. The topological polar surface area (TPSA) is 155 Å². The van der Waals surface area contributed by atoms with Gasteiger partial charge in [-0.15, -0.1) is 0 Å². The Morgan fingerprint density at radius 3 is 0.424 bits per heavy atom. The van der Waals surface area contributed by atoms with Gasteiger partial charge in [0.2, 0.25) is 0 Å². The van der Waals surface area contributed by atoms with Crippen molar-refractivity contribution in [3.05, 3.63) is 555 Å². The van der Waals surface area contributed by atoms with Gasteiger partial charge in [0.1, 0.15) is 0 Å². The lowest BCUT2D eigenvalue weighted by atomic mass is 10.1. The standard InChI is InChI=1S/5C23H18N2.C17H14N2/c2*1-17-9-8-14-20(15-17)22-16-21(18-10-4-2-5-11-18)24-23(25-22)19-12-6-3-7-13-19;2*1-17-12-14-19(15-13-17)22-16-21(18-8-4-2-5-9-18)24-23(25-22)20-10-6-3-7-11-20;1-17-12-14-20(15-13-17)23-24-21(18-8-4-2-5-9-18)16-22(25-23)19-10-6-3-7-11-19;1-13-12-16(14-8-4-2-5-9-14)19-17(18-13)15-10-6-3-7-11-15/h5*2-16H,1H3;2-12H,1H3. The predicted octanol–water partition coefficient (Wildman–Crippen LogP) is 33.0. The highest BCUT2D eigenvalue weighted by atomic mass is 14.9. The molecule has 0 aliphatic carbocycles. The van der Waals surface area contributed by atoms with Crippen molar-refractivity contribution in [1.29, 1.82) is 0 Å². The van der Waals surface area contributed by atoms with Crippen LogP contribution in [-0.4, -0.2) is 59.8 Å². The highest BCUT2D eigenvalue weighted by Crippen LogP contribution is 2.36. The maximum Gasteiger partial charge on any atom is 0.160 e. The van der Waals surface area contributed by atoms with Crippen LogP contribution in [0.4, 0.5) is 0 Å². The van der Waals surface area contributed by atoms with E-state index >= 15 is 0 Å². The summed E-state index contributed by atoms with van der Waals surface area (Å²) in [6.07, 6.45) is 0. The van der Waals surface area contributed by atoms with Crippen molar-refractivity contribution in [2.24, 2.45) is 0 Å². The normalized spacial score (nSPS) is 10.6. The van der Waals surface area contributed by atoms with Crippen molar-refractivity contribution in [2.45, 2.75) is 41.5 Å². The molecule has 23 rings (SSSR count). The van der Waals surface area contributed by atoms with Gasteiger partial charge >= 0.3 is 0 Å². The van der Waals surface area contributed by atoms with Crippen LogP contribution in [0.1, 0.15) is 33.5 Å². The fourth-order valence-electron chi connectivity index (χ4n) is 16.2. The summed E-state index contributed by atoms with van der Waals surface area (Å²) in [5.41, 5.74) is 35.7. The Balaban J connectivity index is 0.000000114. The zero-order valence-corrected chi connectivity index (χ0v) is 81.0. The Kier molecular flexibility index (Phi) is 31.5. The average molecular weight is 1860 g/mol. The van der Waals surface area contributed by atoms with Crippen LogP contribution in [0.2, 0.25) is 0 Å². The number of nitrogens with zero attached hydrogens (tertiary/aromatic N) is 12. The minimum Gasteiger partial charge on any atom is -0.233 e. The molecule has 6 heterocycles. The van der Waals surface area contributed by atoms with Crippen molar-refractivity contribution >= 4 is 0 Å². The van der Waals surface area contributed by atoms with Gasteiger partial charge in [0, 0.05) is 100 Å². The zero-order chi connectivity index (χ0) is 98.4. The van der Waals surface area contributed by atoms with E-state index in [1.807, 2.05) is 292 Å². The van der Waals surface area contributed by atoms with E-state index < -0.39 is 0 Å². The van der Waals surface area contributed by atoms with Gasteiger partial charge in [-0.05, 0) is 90.1 Å². The Bertz CT molecular complexity index is 7160. The number of rotatable bonds is 17. The second-order valence-corrected chi connectivity index (χ2v) is 34.8. The first-order valence-electron chi connectivity index (χ1n) is 48.1. The van der Waals surface area contributed by atoms with Gasteiger partial charge in [0.05, 0.1) is 62.6 Å². The monoisotopic (exact) mass is 1860 g/mol. The van der Waals surface area contributed by atoms with E-state index in [0.717, 1.165) is 198 Å². The molecule has 12 heteroatoms. The van der Waals surface area contributed by atoms with Gasteiger partial charge < -0.3 is 0 Å². The fourth-order valence-corrected chi connectivity index (χ4v) is 16.2. The molecule has 12 nitrogen and oxygen atoms in total. The van der Waals surface area contributed by atoms with E-state index in [0.29, 0.717) is 0 Å². The molecule has 692 valence electrons. The third-order valence-corrected chi connectivity index (χ3v) is 23.8. The summed E-state index contributed by atoms with van der Waals surface area (Å²) in [5.74, 6) is 4.52. The van der Waals surface area contributed by atoms with Gasteiger partial charge in [-0.2, -0.15) is 0 Å². The van der Waals surface area contributed by atoms with Gasteiger partial charge in [-0.25, -0.2) is 59.8 Å². The molecule has 0 atom stereocenters. The molecule has 0 radical (unpaired) electrons. The molecule has 144 heavy (non-hydrogen) atoms. The van der Waals surface area contributed by atoms with Crippen LogP contribution in [0.25, 0.3) is 192 Å². The molecule has 0 saturated heterocycles. The molecule has 0 amide bonds. The molecule has 0 unspecified atom stereocenters. The summed E-state index contributed by atoms with van der Waals surface area (Å²) in [6.45, 7) is 12.5. The highest BCUT2D eigenvalue weighted by molar-refractivity contribution is 5.79. The van der Waals surface area contributed by atoms with Crippen molar-refractivity contribution in [3.8, 4) is 192 Å². The van der Waals surface area contributed by atoms with Gasteiger partial charge in [0.25, 0.3) is 0 Å². The van der Waals surface area contributed by atoms with Crippen LogP contribution in [0, 0.1) is 41.5 Å². The number of aryl methyl sites for hydroxylation is 6. The maximum absolute atomic E-state index is 4.83. The summed E-state index contributed by atoms with van der Waals surface area (Å²) in [4.78, 5) is 57.3. The van der Waals surface area contributed by atoms with E-state index in [4.69, 9.17) is 49.8 Å². The van der Waals surface area contributed by atoms with E-state index in [9.17, 15) is 0 Å². The SMILES string of the molecule is Cc1cc(-c2ccccc2)nc(-c2ccccc2)n1.Cc1ccc(-c2cc(-c3ccccc3)nc(-c3ccccc3)n2)cc1.Cc1ccc(-c2cc(-c3ccccc3)nc(-c3ccccc3)n2)cc1.Cc1ccc(-c2nc(-c3ccccc3)cc(-c3ccccc3)n2)cc1.Cc1cccc(-c2cc(-c3ccccc3)nc(-c3ccccc3)n2)c1.Cc1cccc(-c2cc(-c3ccccc3)nc(-c3ccccc3)n2)c1. The van der Waals surface area contributed by atoms with Crippen molar-refractivity contribution < 1.29 is 0 Å². The third kappa shape index (κ3) is 25.8. The minimum atomic E-state index is 0.748. The van der Waals surface area contributed by atoms with E-state index in [1.54, 1.807) is 0 Å². The summed E-state index contributed by atoms with van der Waals surface area (Å²) < 4.78 is 0.